The van der Waals surface area contributed by atoms with E-state index in [4.69, 9.17) is 11.6 Å². The molecule has 8 nitrogen and oxygen atoms in total. The summed E-state index contributed by atoms with van der Waals surface area (Å²) in [4.78, 5) is 25.8. The lowest BCUT2D eigenvalue weighted by atomic mass is 10.1. The van der Waals surface area contributed by atoms with Gasteiger partial charge in [0.15, 0.2) is 5.82 Å². The van der Waals surface area contributed by atoms with Crippen LogP contribution in [0.3, 0.4) is 0 Å². The number of carbonyl (C=O) groups is 1. The number of nitrogens with one attached hydrogen (secondary N) is 3. The van der Waals surface area contributed by atoms with Crippen LogP contribution in [0.15, 0.2) is 30.5 Å². The lowest BCUT2D eigenvalue weighted by Gasteiger charge is -2.10. The molecule has 5 rings (SSSR count). The van der Waals surface area contributed by atoms with Gasteiger partial charge < -0.3 is 16.0 Å². The second-order valence-corrected chi connectivity index (χ2v) is 8.29. The summed E-state index contributed by atoms with van der Waals surface area (Å²) in [6.45, 7) is 2.62. The maximum Gasteiger partial charge on any atom is 0.263 e. The molecule has 0 unspecified atom stereocenters. The SMILES string of the molecule is C[C@H]1CNc2c(sc3ccc4nc(Nc5nc(Cl)ncc5C#N)ccc4c23)C(=O)N1. The number of carbonyl (C=O) groups excluding carboxylic acids is 1. The van der Waals surface area contributed by atoms with Crippen LogP contribution < -0.4 is 16.0 Å². The van der Waals surface area contributed by atoms with E-state index in [2.05, 4.69) is 30.9 Å². The van der Waals surface area contributed by atoms with Gasteiger partial charge in [-0.2, -0.15) is 10.2 Å². The maximum atomic E-state index is 12.6. The van der Waals surface area contributed by atoms with Crippen molar-refractivity contribution in [3.63, 3.8) is 0 Å². The number of nitriles is 1. The van der Waals surface area contributed by atoms with Gasteiger partial charge >= 0.3 is 0 Å². The Morgan fingerprint density at radius 1 is 1.30 bits per heavy atom. The number of amides is 1. The zero-order valence-corrected chi connectivity index (χ0v) is 17.2. The molecular weight excluding hydrogens is 422 g/mol. The van der Waals surface area contributed by atoms with E-state index in [1.807, 2.05) is 37.3 Å². The van der Waals surface area contributed by atoms with Gasteiger partial charge in [0.1, 0.15) is 22.3 Å². The van der Waals surface area contributed by atoms with Crippen LogP contribution in [-0.2, 0) is 0 Å². The van der Waals surface area contributed by atoms with E-state index < -0.39 is 0 Å². The van der Waals surface area contributed by atoms with Crippen molar-refractivity contribution in [1.29, 1.82) is 5.26 Å². The van der Waals surface area contributed by atoms with E-state index in [9.17, 15) is 10.1 Å². The highest BCUT2D eigenvalue weighted by Crippen LogP contribution is 2.41. The molecule has 0 aliphatic carbocycles. The van der Waals surface area contributed by atoms with Crippen molar-refractivity contribution in [2.45, 2.75) is 13.0 Å². The van der Waals surface area contributed by atoms with E-state index in [-0.39, 0.29) is 22.8 Å². The fraction of sp³-hybridized carbons (Fsp3) is 0.150. The van der Waals surface area contributed by atoms with Crippen molar-refractivity contribution >= 4 is 67.2 Å². The Morgan fingerprint density at radius 2 is 2.17 bits per heavy atom. The minimum Gasteiger partial charge on any atom is -0.381 e. The Balaban J connectivity index is 1.62. The Hall–Kier alpha value is -3.48. The van der Waals surface area contributed by atoms with Gasteiger partial charge in [-0.25, -0.2) is 9.97 Å². The highest BCUT2D eigenvalue weighted by molar-refractivity contribution is 7.21. The van der Waals surface area contributed by atoms with Crippen molar-refractivity contribution in [1.82, 2.24) is 20.3 Å². The van der Waals surface area contributed by atoms with Crippen molar-refractivity contribution in [2.24, 2.45) is 0 Å². The molecule has 4 aromatic rings. The summed E-state index contributed by atoms with van der Waals surface area (Å²) >= 11 is 7.33. The second kappa shape index (κ2) is 7.09. The Labute approximate surface area is 179 Å². The van der Waals surface area contributed by atoms with Gasteiger partial charge in [-0.05, 0) is 42.8 Å². The van der Waals surface area contributed by atoms with Crippen LogP contribution in [0.25, 0.3) is 21.0 Å². The molecule has 0 bridgehead atoms. The molecule has 0 spiro atoms. The molecule has 1 aromatic carbocycles. The molecule has 30 heavy (non-hydrogen) atoms. The summed E-state index contributed by atoms with van der Waals surface area (Å²) in [7, 11) is 0. The lowest BCUT2D eigenvalue weighted by Crippen LogP contribution is -2.34. The quantitative estimate of drug-likeness (QED) is 0.407. The van der Waals surface area contributed by atoms with Gasteiger partial charge in [-0.3, -0.25) is 4.79 Å². The van der Waals surface area contributed by atoms with Crippen LogP contribution >= 0.6 is 22.9 Å². The van der Waals surface area contributed by atoms with Crippen LogP contribution in [0.2, 0.25) is 5.28 Å². The van der Waals surface area contributed by atoms with Crippen molar-refractivity contribution in [2.75, 3.05) is 17.2 Å². The van der Waals surface area contributed by atoms with Gasteiger partial charge in [0.2, 0.25) is 5.28 Å². The minimum atomic E-state index is -0.0623. The van der Waals surface area contributed by atoms with E-state index in [1.165, 1.54) is 17.5 Å². The normalized spacial score (nSPS) is 15.8. The monoisotopic (exact) mass is 435 g/mol. The van der Waals surface area contributed by atoms with E-state index in [1.54, 1.807) is 0 Å². The fourth-order valence-corrected chi connectivity index (χ4v) is 4.69. The predicted octanol–water partition coefficient (Wildman–Crippen LogP) is 4.05. The van der Waals surface area contributed by atoms with Crippen LogP contribution in [-0.4, -0.2) is 33.4 Å². The van der Waals surface area contributed by atoms with Gasteiger partial charge in [0.25, 0.3) is 5.91 Å². The van der Waals surface area contributed by atoms with E-state index in [0.29, 0.717) is 23.1 Å². The first kappa shape index (κ1) is 18.5. The van der Waals surface area contributed by atoms with Gasteiger partial charge in [-0.1, -0.05) is 0 Å². The number of fused-ring (bicyclic) bond motifs is 5. The molecule has 1 aliphatic rings. The number of hydrogen-bond donors (Lipinski definition) is 3. The number of aromatic nitrogens is 3. The first-order valence-electron chi connectivity index (χ1n) is 9.14. The zero-order valence-electron chi connectivity index (χ0n) is 15.7. The summed E-state index contributed by atoms with van der Waals surface area (Å²) in [5.41, 5.74) is 1.87. The Kier molecular flexibility index (Phi) is 4.38. The van der Waals surface area contributed by atoms with Gasteiger partial charge in [-0.15, -0.1) is 11.3 Å². The van der Waals surface area contributed by atoms with Crippen molar-refractivity contribution in [3.8, 4) is 6.07 Å². The summed E-state index contributed by atoms with van der Waals surface area (Å²) in [5.74, 6) is 0.753. The summed E-state index contributed by atoms with van der Waals surface area (Å²) < 4.78 is 1.02. The molecule has 148 valence electrons. The van der Waals surface area contributed by atoms with Gasteiger partial charge in [0, 0.05) is 28.1 Å². The largest absolute Gasteiger partial charge is 0.381 e. The number of anilines is 3. The molecule has 1 amide bonds. The maximum absolute atomic E-state index is 12.6. The average molecular weight is 436 g/mol. The third-order valence-corrected chi connectivity index (χ3v) is 6.15. The van der Waals surface area contributed by atoms with Crippen LogP contribution in [0.1, 0.15) is 22.2 Å². The molecule has 3 aromatic heterocycles. The Morgan fingerprint density at radius 3 is 3.00 bits per heavy atom. The van der Waals surface area contributed by atoms with E-state index >= 15 is 0 Å². The fourth-order valence-electron chi connectivity index (χ4n) is 3.45. The highest BCUT2D eigenvalue weighted by Gasteiger charge is 2.24. The molecule has 1 aliphatic heterocycles. The van der Waals surface area contributed by atoms with Crippen molar-refractivity contribution in [3.05, 3.63) is 46.2 Å². The molecule has 0 radical (unpaired) electrons. The summed E-state index contributed by atoms with van der Waals surface area (Å²) in [6, 6.07) is 9.71. The van der Waals surface area contributed by atoms with E-state index in [0.717, 1.165) is 26.7 Å². The molecular formula is C20H14ClN7OS. The number of thiophene rings is 1. The smallest absolute Gasteiger partial charge is 0.263 e. The number of pyridine rings is 1. The molecule has 1 atom stereocenters. The number of nitrogens with zero attached hydrogens (tertiary/aromatic N) is 4. The summed E-state index contributed by atoms with van der Waals surface area (Å²) in [5, 5.41) is 20.7. The molecule has 0 saturated carbocycles. The first-order chi connectivity index (χ1) is 14.5. The molecule has 0 saturated heterocycles. The molecule has 0 fully saturated rings. The summed E-state index contributed by atoms with van der Waals surface area (Å²) in [6.07, 6.45) is 1.36. The third-order valence-electron chi connectivity index (χ3n) is 4.82. The highest BCUT2D eigenvalue weighted by atomic mass is 35.5. The van der Waals surface area contributed by atoms with Crippen molar-refractivity contribution < 1.29 is 4.79 Å². The topological polar surface area (TPSA) is 116 Å². The van der Waals surface area contributed by atoms with Crippen LogP contribution in [0.4, 0.5) is 17.3 Å². The first-order valence-corrected chi connectivity index (χ1v) is 10.3. The van der Waals surface area contributed by atoms with Crippen LogP contribution in [0.5, 0.6) is 0 Å². The molecule has 10 heteroatoms. The molecule has 4 heterocycles. The lowest BCUT2D eigenvalue weighted by molar-refractivity contribution is 0.0949. The van der Waals surface area contributed by atoms with Gasteiger partial charge in [0.05, 0.1) is 17.4 Å². The second-order valence-electron chi connectivity index (χ2n) is 6.90. The predicted molar refractivity (Wildman–Crippen MR) is 118 cm³/mol. The standard InChI is InChI=1S/C20H14ClN7OS/c1-9-7-23-16-15-11-2-5-14(27-18-10(6-22)8-24-20(21)28-18)26-12(11)3-4-13(15)30-17(16)19(29)25-9/h2-5,8-9,23H,7H2,1H3,(H,25,29)(H,24,26,27,28)/t9-/m0/s1. The number of halogens is 1. The number of rotatable bonds is 2. The molecule has 3 N–H and O–H groups in total. The number of benzene rings is 1. The Bertz CT molecular complexity index is 1380. The average Bonchev–Trinajstić information content (AvgIpc) is 3.05. The minimum absolute atomic E-state index is 0.0403. The zero-order chi connectivity index (χ0) is 20.8. The number of hydrogen-bond acceptors (Lipinski definition) is 8. The van der Waals surface area contributed by atoms with Crippen LogP contribution in [0, 0.1) is 11.3 Å². The third kappa shape index (κ3) is 3.07.